The van der Waals surface area contributed by atoms with E-state index in [1.165, 1.54) is 5.56 Å². The van der Waals surface area contributed by atoms with Crippen molar-refractivity contribution in [3.8, 4) is 0 Å². The van der Waals surface area contributed by atoms with Crippen LogP contribution in [0.5, 0.6) is 0 Å². The Labute approximate surface area is 202 Å². The molecule has 4 aromatic rings. The normalized spacial score (nSPS) is 16.0. The van der Waals surface area contributed by atoms with Crippen molar-refractivity contribution in [3.63, 3.8) is 0 Å². The van der Waals surface area contributed by atoms with Gasteiger partial charge in [0.15, 0.2) is 0 Å². The summed E-state index contributed by atoms with van der Waals surface area (Å²) in [6, 6.07) is 25.1. The lowest BCUT2D eigenvalue weighted by Crippen LogP contribution is -2.18. The van der Waals surface area contributed by atoms with Crippen molar-refractivity contribution < 1.29 is 0 Å². The molecule has 0 amide bonds. The molecule has 158 valence electrons. The van der Waals surface area contributed by atoms with Crippen molar-refractivity contribution in [1.29, 1.82) is 0 Å². The van der Waals surface area contributed by atoms with E-state index in [9.17, 15) is 0 Å². The fourth-order valence-electron chi connectivity index (χ4n) is 3.61. The van der Waals surface area contributed by atoms with Gasteiger partial charge >= 0.3 is 0 Å². The Balaban J connectivity index is 1.46. The Kier molecular flexibility index (Phi) is 5.96. The van der Waals surface area contributed by atoms with Crippen LogP contribution in [0.2, 0.25) is 0 Å². The molecule has 0 N–H and O–H groups in total. The predicted octanol–water partition coefficient (Wildman–Crippen LogP) is 6.04. The highest BCUT2D eigenvalue weighted by atomic mass is 79.9. The maximum Gasteiger partial charge on any atom is 0.141 e. The number of halogens is 2. The van der Waals surface area contributed by atoms with Gasteiger partial charge in [0.2, 0.25) is 0 Å². The molecule has 6 nitrogen and oxygen atoms in total. The first-order valence-electron chi connectivity index (χ1n) is 10.0. The van der Waals surface area contributed by atoms with Crippen LogP contribution in [-0.4, -0.2) is 26.8 Å². The van der Waals surface area contributed by atoms with E-state index in [-0.39, 0.29) is 6.04 Å². The number of hydrogen-bond donors (Lipinski definition) is 0. The highest BCUT2D eigenvalue weighted by Gasteiger charge is 2.29. The molecular weight excluding hydrogens is 532 g/mol. The van der Waals surface area contributed by atoms with Crippen LogP contribution in [0, 0.1) is 0 Å². The molecule has 1 aliphatic rings. The van der Waals surface area contributed by atoms with Crippen LogP contribution in [0.25, 0.3) is 0 Å². The zero-order valence-corrected chi connectivity index (χ0v) is 20.1. The van der Waals surface area contributed by atoms with Crippen molar-refractivity contribution in [1.82, 2.24) is 14.9 Å². The lowest BCUT2D eigenvalue weighted by atomic mass is 9.98. The number of anilines is 1. The fourth-order valence-corrected chi connectivity index (χ4v) is 4.14. The Hall–Kier alpha value is -3.10. The maximum absolute atomic E-state index is 5.02. The monoisotopic (exact) mass is 548 g/mol. The predicted molar refractivity (Wildman–Crippen MR) is 134 cm³/mol. The van der Waals surface area contributed by atoms with Crippen LogP contribution in [0.3, 0.4) is 0 Å². The van der Waals surface area contributed by atoms with E-state index in [2.05, 4.69) is 113 Å². The van der Waals surface area contributed by atoms with Crippen LogP contribution < -0.4 is 5.01 Å². The number of hydrazone groups is 1. The first kappa shape index (κ1) is 20.8. The van der Waals surface area contributed by atoms with Gasteiger partial charge in [0.05, 0.1) is 23.7 Å². The smallest absolute Gasteiger partial charge is 0.141 e. The highest BCUT2D eigenvalue weighted by molar-refractivity contribution is 9.10. The summed E-state index contributed by atoms with van der Waals surface area (Å²) in [7, 11) is 0. The van der Waals surface area contributed by atoms with Crippen molar-refractivity contribution in [2.75, 3.05) is 5.01 Å². The third-order valence-electron chi connectivity index (χ3n) is 5.25. The Morgan fingerprint density at radius 2 is 1.44 bits per heavy atom. The van der Waals surface area contributed by atoms with Gasteiger partial charge in [-0.15, -0.1) is 10.2 Å². The van der Waals surface area contributed by atoms with Crippen LogP contribution >= 0.6 is 31.9 Å². The zero-order valence-electron chi connectivity index (χ0n) is 16.9. The fraction of sp³-hybridized carbons (Fsp3) is 0.0833. The van der Waals surface area contributed by atoms with Gasteiger partial charge < -0.3 is 0 Å². The van der Waals surface area contributed by atoms with Crippen LogP contribution in [0.4, 0.5) is 5.69 Å². The summed E-state index contributed by atoms with van der Waals surface area (Å²) in [5.74, 6) is 0. The van der Waals surface area contributed by atoms with Gasteiger partial charge in [-0.05, 0) is 53.1 Å². The van der Waals surface area contributed by atoms with Crippen LogP contribution in [0.15, 0.2) is 105 Å². The van der Waals surface area contributed by atoms with Crippen LogP contribution in [-0.2, 0) is 0 Å². The number of aromatic nitrogens is 3. The Bertz CT molecular complexity index is 1250. The number of hydrogen-bond acceptors (Lipinski definition) is 5. The molecule has 1 aliphatic heterocycles. The van der Waals surface area contributed by atoms with Crippen LogP contribution in [0.1, 0.15) is 29.2 Å². The molecule has 0 saturated carbocycles. The molecule has 1 unspecified atom stereocenters. The van der Waals surface area contributed by atoms with E-state index in [0.29, 0.717) is 0 Å². The standard InChI is InChI=1S/C24H18Br2N6/c25-20-7-3-18(4-8-20)23-13-24(19-5-9-21(26)10-6-19)32(30-23)22-11-1-17(2-12-22)14-29-31-15-27-28-16-31/h1-12,14-16,24H,13H2/b29-14+. The molecule has 0 aliphatic carbocycles. The third-order valence-corrected chi connectivity index (χ3v) is 6.30. The Morgan fingerprint density at radius 1 is 0.812 bits per heavy atom. The van der Waals surface area contributed by atoms with Crippen molar-refractivity contribution in [2.45, 2.75) is 12.5 Å². The molecule has 8 heteroatoms. The van der Waals surface area contributed by atoms with Gasteiger partial charge in [0.25, 0.3) is 0 Å². The SMILES string of the molecule is Brc1ccc(C2=NN(c3ccc(/C=N/n4cnnc4)cc3)C(c3ccc(Br)cc3)C2)cc1. The van der Waals surface area contributed by atoms with Crippen molar-refractivity contribution in [2.24, 2.45) is 10.2 Å². The van der Waals surface area contributed by atoms with E-state index >= 15 is 0 Å². The summed E-state index contributed by atoms with van der Waals surface area (Å²) < 4.78 is 3.69. The largest absolute Gasteiger partial charge is 0.257 e. The summed E-state index contributed by atoms with van der Waals surface area (Å²) in [6.07, 6.45) is 5.71. The molecule has 1 aromatic heterocycles. The summed E-state index contributed by atoms with van der Waals surface area (Å²) in [6.45, 7) is 0. The molecular formula is C24H18Br2N6. The molecule has 0 fully saturated rings. The first-order chi connectivity index (χ1) is 15.7. The van der Waals surface area contributed by atoms with Crippen molar-refractivity contribution >= 4 is 49.5 Å². The lowest BCUT2D eigenvalue weighted by molar-refractivity contribution is 0.709. The number of nitrogens with zero attached hydrogens (tertiary/aromatic N) is 6. The summed E-state index contributed by atoms with van der Waals surface area (Å²) in [4.78, 5) is 0. The quantitative estimate of drug-likeness (QED) is 0.285. The van der Waals surface area contributed by atoms with Gasteiger partial charge in [-0.1, -0.05) is 68.3 Å². The molecule has 0 bridgehead atoms. The van der Waals surface area contributed by atoms with Gasteiger partial charge in [0, 0.05) is 15.4 Å². The topological polar surface area (TPSA) is 58.7 Å². The average molecular weight is 550 g/mol. The summed E-state index contributed by atoms with van der Waals surface area (Å²) in [5, 5.41) is 19.0. The molecule has 2 heterocycles. The van der Waals surface area contributed by atoms with Gasteiger partial charge in [0.1, 0.15) is 12.7 Å². The molecule has 0 radical (unpaired) electrons. The highest BCUT2D eigenvalue weighted by Crippen LogP contribution is 2.37. The molecule has 5 rings (SSSR count). The zero-order chi connectivity index (χ0) is 21.9. The van der Waals surface area contributed by atoms with E-state index in [4.69, 9.17) is 5.10 Å². The first-order valence-corrected chi connectivity index (χ1v) is 11.6. The summed E-state index contributed by atoms with van der Waals surface area (Å²) in [5.41, 5.74) is 5.45. The number of benzene rings is 3. The maximum atomic E-state index is 5.02. The minimum atomic E-state index is 0.123. The molecule has 1 atom stereocenters. The minimum Gasteiger partial charge on any atom is -0.257 e. The molecule has 0 spiro atoms. The van der Waals surface area contributed by atoms with Gasteiger partial charge in [-0.25, -0.2) is 4.68 Å². The minimum absolute atomic E-state index is 0.123. The van der Waals surface area contributed by atoms with Gasteiger partial charge in [-0.3, -0.25) is 5.01 Å². The molecule has 3 aromatic carbocycles. The molecule has 0 saturated heterocycles. The molecule has 32 heavy (non-hydrogen) atoms. The van der Waals surface area contributed by atoms with E-state index < -0.39 is 0 Å². The third kappa shape index (κ3) is 4.56. The van der Waals surface area contributed by atoms with E-state index in [1.54, 1.807) is 23.5 Å². The second-order valence-corrected chi connectivity index (χ2v) is 9.18. The second-order valence-electron chi connectivity index (χ2n) is 7.35. The van der Waals surface area contributed by atoms with Gasteiger partial charge in [-0.2, -0.15) is 10.2 Å². The summed E-state index contributed by atoms with van der Waals surface area (Å²) >= 11 is 7.05. The van der Waals surface area contributed by atoms with Crippen molar-refractivity contribution in [3.05, 3.63) is 111 Å². The second kappa shape index (κ2) is 9.18. The Morgan fingerprint density at radius 3 is 2.09 bits per heavy atom. The van der Waals surface area contributed by atoms with E-state index in [1.807, 2.05) is 12.1 Å². The average Bonchev–Trinajstić information content (AvgIpc) is 3.50. The lowest BCUT2D eigenvalue weighted by Gasteiger charge is -2.24. The van der Waals surface area contributed by atoms with E-state index in [0.717, 1.165) is 37.9 Å². The number of rotatable bonds is 5.